The lowest BCUT2D eigenvalue weighted by molar-refractivity contribution is -0.198. The zero-order valence-corrected chi connectivity index (χ0v) is 33.7. The zero-order chi connectivity index (χ0) is 42.3. The maximum atomic E-state index is 14.2. The van der Waals surface area contributed by atoms with E-state index in [-0.39, 0.29) is 78.1 Å². The van der Waals surface area contributed by atoms with Gasteiger partial charge in [0.1, 0.15) is 6.61 Å². The summed E-state index contributed by atoms with van der Waals surface area (Å²) in [5, 5.41) is 5.47. The number of carbonyl (C=O) groups excluding carboxylic acids is 5. The third-order valence-corrected chi connectivity index (χ3v) is 10.4. The highest BCUT2D eigenvalue weighted by Gasteiger charge is 2.47. The molecule has 2 aromatic carbocycles. The van der Waals surface area contributed by atoms with E-state index < -0.39 is 36.5 Å². The number of nitrogens with zero attached hydrogens (tertiary/aromatic N) is 5. The van der Waals surface area contributed by atoms with Crippen molar-refractivity contribution in [3.63, 3.8) is 0 Å². The molecule has 2 saturated heterocycles. The summed E-state index contributed by atoms with van der Waals surface area (Å²) >= 11 is 0. The fourth-order valence-corrected chi connectivity index (χ4v) is 7.51. The smallest absolute Gasteiger partial charge is 0.416 e. The Morgan fingerprint density at radius 2 is 1.87 bits per heavy atom. The molecule has 2 fully saturated rings. The molecule has 5 heterocycles. The summed E-state index contributed by atoms with van der Waals surface area (Å²) in [6.07, 6.45) is 5.82. The highest BCUT2D eigenvalue weighted by Crippen LogP contribution is 2.42. The van der Waals surface area contributed by atoms with Crippen molar-refractivity contribution in [2.45, 2.75) is 69.9 Å². The number of aromatic amines is 1. The van der Waals surface area contributed by atoms with Gasteiger partial charge in [-0.05, 0) is 69.2 Å². The molecule has 4 amide bonds. The second-order valence-electron chi connectivity index (χ2n) is 14.5. The number of piperidine rings is 1. The number of hydrogen-bond donors (Lipinski definition) is 3. The number of nitrogens with one attached hydrogen (secondary N) is 3. The van der Waals surface area contributed by atoms with Crippen LogP contribution in [-0.2, 0) is 30.8 Å². The Bertz CT molecular complexity index is 2270. The zero-order valence-electron chi connectivity index (χ0n) is 33.7. The monoisotopic (exact) mass is 828 g/mol. The van der Waals surface area contributed by atoms with Crippen LogP contribution in [0.25, 0.3) is 11.0 Å². The van der Waals surface area contributed by atoms with Gasteiger partial charge in [0.25, 0.3) is 11.8 Å². The number of fused-ring (bicyclic) bond motifs is 3. The van der Waals surface area contributed by atoms with Gasteiger partial charge < -0.3 is 53.5 Å². The Kier molecular flexibility index (Phi) is 12.9. The molecule has 0 bridgehead atoms. The second-order valence-corrected chi connectivity index (χ2v) is 14.5. The molecule has 2 unspecified atom stereocenters. The number of benzene rings is 2. The summed E-state index contributed by atoms with van der Waals surface area (Å²) in [5.41, 5.74) is 1.92. The summed E-state index contributed by atoms with van der Waals surface area (Å²) in [4.78, 5) is 80.6. The van der Waals surface area contributed by atoms with Gasteiger partial charge in [-0.2, -0.15) is 0 Å². The van der Waals surface area contributed by atoms with E-state index in [1.165, 1.54) is 36.0 Å². The molecule has 3 atom stereocenters. The predicted octanol–water partition coefficient (Wildman–Crippen LogP) is 5.15. The molecule has 4 aromatic rings. The number of esters is 1. The highest BCUT2D eigenvalue weighted by atomic mass is 16.7. The van der Waals surface area contributed by atoms with Gasteiger partial charge in [0.2, 0.25) is 17.6 Å². The molecule has 7 rings (SSSR count). The Balaban J connectivity index is 1.02. The van der Waals surface area contributed by atoms with E-state index >= 15 is 0 Å². The number of hydrogen-bond acceptors (Lipinski definition) is 13. The Morgan fingerprint density at radius 3 is 2.63 bits per heavy atom. The topological polar surface area (TPSA) is 218 Å². The van der Waals surface area contributed by atoms with Gasteiger partial charge in [0, 0.05) is 44.6 Å². The first-order valence-corrected chi connectivity index (χ1v) is 19.8. The summed E-state index contributed by atoms with van der Waals surface area (Å²) in [6.45, 7) is 4.71. The van der Waals surface area contributed by atoms with E-state index in [0.29, 0.717) is 42.7 Å². The first-order chi connectivity index (χ1) is 29.1. The number of carbonyl (C=O) groups is 5. The number of rotatable bonds is 14. The maximum Gasteiger partial charge on any atom is 0.416 e. The summed E-state index contributed by atoms with van der Waals surface area (Å²) < 4.78 is 36.1. The largest absolute Gasteiger partial charge is 0.493 e. The third-order valence-electron chi connectivity index (χ3n) is 10.4. The second kappa shape index (κ2) is 18.6. The molecule has 0 radical (unpaired) electrons. The molecule has 3 aliphatic rings. The van der Waals surface area contributed by atoms with E-state index in [9.17, 15) is 24.0 Å². The molecule has 318 valence electrons. The lowest BCUT2D eigenvalue weighted by Crippen LogP contribution is -2.57. The van der Waals surface area contributed by atoms with Crippen molar-refractivity contribution in [3.05, 3.63) is 66.4 Å². The van der Waals surface area contributed by atoms with Gasteiger partial charge in [-0.1, -0.05) is 12.7 Å². The number of H-pyrrole nitrogens is 1. The number of amides is 4. The van der Waals surface area contributed by atoms with E-state index in [0.717, 1.165) is 25.7 Å². The molecule has 0 saturated carbocycles. The number of aromatic nitrogens is 4. The Labute approximate surface area is 345 Å². The van der Waals surface area contributed by atoms with Crippen LogP contribution in [0, 0.1) is 0 Å². The van der Waals surface area contributed by atoms with Crippen LogP contribution in [0.1, 0.15) is 83.0 Å². The van der Waals surface area contributed by atoms with E-state index in [2.05, 4.69) is 32.2 Å². The van der Waals surface area contributed by atoms with Crippen LogP contribution >= 0.6 is 0 Å². The van der Waals surface area contributed by atoms with Crippen molar-refractivity contribution in [1.82, 2.24) is 24.4 Å². The average Bonchev–Trinajstić information content (AvgIpc) is 3.84. The number of methoxy groups -OCH3 is 2. The first-order valence-electron chi connectivity index (χ1n) is 19.8. The van der Waals surface area contributed by atoms with E-state index in [1.54, 1.807) is 42.3 Å². The van der Waals surface area contributed by atoms with Crippen LogP contribution < -0.4 is 25.0 Å². The highest BCUT2D eigenvalue weighted by molar-refractivity contribution is 6.06. The van der Waals surface area contributed by atoms with Gasteiger partial charge in [0.05, 0.1) is 49.2 Å². The van der Waals surface area contributed by atoms with Crippen LogP contribution in [0.5, 0.6) is 11.5 Å². The SMILES string of the molecule is C=CCOC(=O)N1c2cc(OCCCC(=O)Nc3cn(C)c(C(=O)Nc4ccc5[nH]c(C(=O)OC)nc5c4)n3)c(OC)cc2C(=O)N2CCCC[C@H]2C1OC1CCCCO1. The molecule has 3 N–H and O–H groups in total. The van der Waals surface area contributed by atoms with E-state index in [4.69, 9.17) is 28.4 Å². The summed E-state index contributed by atoms with van der Waals surface area (Å²) in [5.74, 6) is -1.03. The lowest BCUT2D eigenvalue weighted by atomic mass is 10.00. The molecule has 19 heteroatoms. The van der Waals surface area contributed by atoms with Crippen LogP contribution in [0.2, 0.25) is 0 Å². The molecular formula is C41H48N8O11. The van der Waals surface area contributed by atoms with Gasteiger partial charge in [-0.15, -0.1) is 0 Å². The van der Waals surface area contributed by atoms with Crippen molar-refractivity contribution >= 4 is 58.0 Å². The minimum Gasteiger partial charge on any atom is -0.493 e. The van der Waals surface area contributed by atoms with Gasteiger partial charge in [-0.3, -0.25) is 14.4 Å². The fraction of sp³-hybridized carbons (Fsp3) is 0.439. The predicted molar refractivity (Wildman–Crippen MR) is 216 cm³/mol. The third kappa shape index (κ3) is 9.06. The van der Waals surface area contributed by atoms with Gasteiger partial charge >= 0.3 is 12.1 Å². The van der Waals surface area contributed by atoms with Crippen molar-refractivity contribution in [1.29, 1.82) is 0 Å². The minimum atomic E-state index is -0.909. The van der Waals surface area contributed by atoms with Crippen molar-refractivity contribution < 1.29 is 52.4 Å². The summed E-state index contributed by atoms with van der Waals surface area (Å²) in [7, 11) is 4.33. The molecule has 0 spiro atoms. The number of imidazole rings is 2. The van der Waals surface area contributed by atoms with E-state index in [1.807, 2.05) is 0 Å². The van der Waals surface area contributed by atoms with Crippen molar-refractivity contribution in [2.24, 2.45) is 7.05 Å². The molecule has 19 nitrogen and oxygen atoms in total. The molecule has 3 aliphatic heterocycles. The fourth-order valence-electron chi connectivity index (χ4n) is 7.51. The average molecular weight is 829 g/mol. The van der Waals surface area contributed by atoms with Crippen LogP contribution in [0.3, 0.4) is 0 Å². The van der Waals surface area contributed by atoms with Gasteiger partial charge in [-0.25, -0.2) is 24.5 Å². The van der Waals surface area contributed by atoms with Crippen LogP contribution in [-0.4, -0.2) is 113 Å². The molecule has 60 heavy (non-hydrogen) atoms. The van der Waals surface area contributed by atoms with Crippen molar-refractivity contribution in [3.8, 4) is 11.5 Å². The number of ether oxygens (including phenoxy) is 6. The summed E-state index contributed by atoms with van der Waals surface area (Å²) in [6, 6.07) is 7.59. The molecule has 0 aliphatic carbocycles. The molecule has 2 aromatic heterocycles. The normalized spacial score (nSPS) is 18.8. The van der Waals surface area contributed by atoms with Crippen LogP contribution in [0.4, 0.5) is 22.0 Å². The van der Waals surface area contributed by atoms with Crippen LogP contribution in [0.15, 0.2) is 49.2 Å². The lowest BCUT2D eigenvalue weighted by Gasteiger charge is -2.42. The number of aryl methyl sites for hydroxylation is 1. The minimum absolute atomic E-state index is 0.0359. The number of anilines is 3. The van der Waals surface area contributed by atoms with Gasteiger partial charge in [0.15, 0.2) is 29.8 Å². The molecular weight excluding hydrogens is 780 g/mol. The van der Waals surface area contributed by atoms with Crippen molar-refractivity contribution in [2.75, 3.05) is 56.1 Å². The maximum absolute atomic E-state index is 14.2. The first kappa shape index (κ1) is 41.7. The standard InChI is InChI=1S/C41H48N8O11/c1-5-17-59-41(54)49-29-22-31(30(55-3)21-25(29)38(52)48-16-8-6-11-28(48)39(49)60-34-13-7-9-18-58-34)57-19-10-12-33(50)45-32-23-47(2)36(46-32)37(51)42-24-14-15-26-27(20-24)44-35(43-26)40(53)56-4/h5,14-15,20-23,28,34,39H,1,6-13,16-19H2,2-4H3,(H,42,51)(H,43,44)(H,45,50)/t28-,34?,39?/m0/s1. The Morgan fingerprint density at radius 1 is 1.03 bits per heavy atom. The Hall–Kier alpha value is -6.47. The quantitative estimate of drug-likeness (QED) is 0.0853.